The lowest BCUT2D eigenvalue weighted by Gasteiger charge is -2.31. The number of carbonyl (C=O) groups excluding carboxylic acids is 2. The lowest BCUT2D eigenvalue weighted by atomic mass is 9.85. The number of hydrogen-bond acceptors (Lipinski definition) is 4. The van der Waals surface area contributed by atoms with E-state index in [9.17, 15) is 9.59 Å². The molecule has 2 rings (SSSR count). The summed E-state index contributed by atoms with van der Waals surface area (Å²) in [5.74, 6) is 0.169. The standard InChI is InChI=1S/C20H29N3O3/c1-14(2)19(22-13-25)20(16-5-4-6-16)21-11-18(26)23(3)17-9-7-15(12-24)8-10-17/h7-10,13-14,19,21,24H,4-6,11-12H2,1-3H3,(H,22,25). The highest BCUT2D eigenvalue weighted by Crippen LogP contribution is 2.30. The molecule has 26 heavy (non-hydrogen) atoms. The van der Waals surface area contributed by atoms with Crippen molar-refractivity contribution in [3.8, 4) is 0 Å². The zero-order valence-corrected chi connectivity index (χ0v) is 15.8. The van der Waals surface area contributed by atoms with Crippen LogP contribution < -0.4 is 15.5 Å². The van der Waals surface area contributed by atoms with Gasteiger partial charge in [-0.15, -0.1) is 0 Å². The zero-order chi connectivity index (χ0) is 19.1. The van der Waals surface area contributed by atoms with Crippen molar-refractivity contribution in [1.29, 1.82) is 0 Å². The molecule has 1 unspecified atom stereocenters. The molecule has 0 radical (unpaired) electrons. The summed E-state index contributed by atoms with van der Waals surface area (Å²) in [4.78, 5) is 25.2. The van der Waals surface area contributed by atoms with Gasteiger partial charge in [-0.05, 0) is 48.4 Å². The summed E-state index contributed by atoms with van der Waals surface area (Å²) in [5.41, 5.74) is 3.86. The van der Waals surface area contributed by atoms with Crippen molar-refractivity contribution in [3.05, 3.63) is 41.1 Å². The van der Waals surface area contributed by atoms with E-state index in [1.807, 2.05) is 12.1 Å². The smallest absolute Gasteiger partial charge is 0.246 e. The van der Waals surface area contributed by atoms with Gasteiger partial charge in [-0.25, -0.2) is 0 Å². The molecule has 0 bridgehead atoms. The van der Waals surface area contributed by atoms with Crippen molar-refractivity contribution in [1.82, 2.24) is 10.6 Å². The number of nitrogens with zero attached hydrogens (tertiary/aromatic N) is 1. The maximum atomic E-state index is 12.6. The predicted molar refractivity (Wildman–Crippen MR) is 102 cm³/mol. The van der Waals surface area contributed by atoms with Crippen LogP contribution in [0, 0.1) is 5.92 Å². The summed E-state index contributed by atoms with van der Waals surface area (Å²) < 4.78 is 0. The second-order valence-electron chi connectivity index (χ2n) is 7.01. The van der Waals surface area contributed by atoms with Gasteiger partial charge in [0.2, 0.25) is 12.3 Å². The van der Waals surface area contributed by atoms with Crippen LogP contribution in [-0.2, 0) is 16.2 Å². The van der Waals surface area contributed by atoms with E-state index in [0.717, 1.165) is 42.6 Å². The van der Waals surface area contributed by atoms with E-state index in [4.69, 9.17) is 5.11 Å². The third-order valence-electron chi connectivity index (χ3n) is 4.87. The van der Waals surface area contributed by atoms with Crippen LogP contribution >= 0.6 is 0 Å². The average Bonchev–Trinajstić information content (AvgIpc) is 2.60. The van der Waals surface area contributed by atoms with Crippen LogP contribution in [0.25, 0.3) is 0 Å². The number of hydrogen-bond donors (Lipinski definition) is 3. The highest BCUT2D eigenvalue weighted by Gasteiger charge is 2.25. The first-order valence-corrected chi connectivity index (χ1v) is 9.09. The summed E-state index contributed by atoms with van der Waals surface area (Å²) in [5, 5.41) is 15.3. The van der Waals surface area contributed by atoms with Crippen molar-refractivity contribution in [2.45, 2.75) is 45.8 Å². The van der Waals surface area contributed by atoms with Crippen LogP contribution in [0.1, 0.15) is 38.7 Å². The second-order valence-corrected chi connectivity index (χ2v) is 7.01. The normalized spacial score (nSPS) is 14.4. The fourth-order valence-electron chi connectivity index (χ4n) is 3.02. The van der Waals surface area contributed by atoms with Gasteiger partial charge in [-0.2, -0.15) is 0 Å². The number of carbonyl (C=O) groups is 2. The summed E-state index contributed by atoms with van der Waals surface area (Å²) in [6, 6.07) is 7.14. The van der Waals surface area contributed by atoms with Crippen molar-refractivity contribution < 1.29 is 14.7 Å². The van der Waals surface area contributed by atoms with Crippen molar-refractivity contribution in [2.75, 3.05) is 18.5 Å². The minimum Gasteiger partial charge on any atom is -0.392 e. The monoisotopic (exact) mass is 359 g/mol. The molecule has 0 aromatic heterocycles. The molecule has 1 aromatic rings. The first-order valence-electron chi connectivity index (χ1n) is 9.09. The SMILES string of the molecule is CC(C)C(NC=O)C(NCC(=O)N(C)c1ccc(CO)cc1)=C1CCC1. The molecular formula is C20H29N3O3. The number of amides is 2. The van der Waals surface area contributed by atoms with E-state index in [2.05, 4.69) is 24.5 Å². The Balaban J connectivity index is 2.05. The number of aliphatic hydroxyl groups excluding tert-OH is 1. The van der Waals surface area contributed by atoms with E-state index in [0.29, 0.717) is 0 Å². The molecule has 1 fully saturated rings. The fraction of sp³-hybridized carbons (Fsp3) is 0.500. The van der Waals surface area contributed by atoms with Gasteiger partial charge in [0.05, 0.1) is 19.2 Å². The van der Waals surface area contributed by atoms with Crippen LogP contribution in [0.3, 0.4) is 0 Å². The first kappa shape index (κ1) is 20.0. The van der Waals surface area contributed by atoms with E-state index < -0.39 is 0 Å². The number of benzene rings is 1. The molecule has 0 heterocycles. The molecule has 6 nitrogen and oxygen atoms in total. The number of nitrogens with one attached hydrogen (secondary N) is 2. The number of allylic oxidation sites excluding steroid dienone is 1. The Morgan fingerprint density at radius 2 is 1.92 bits per heavy atom. The minimum absolute atomic E-state index is 0.0171. The summed E-state index contributed by atoms with van der Waals surface area (Å²) in [6.45, 7) is 4.26. The van der Waals surface area contributed by atoms with Crippen LogP contribution in [0.5, 0.6) is 0 Å². The molecule has 1 aliphatic rings. The molecule has 6 heteroatoms. The van der Waals surface area contributed by atoms with E-state index in [1.165, 1.54) is 5.57 Å². The Bertz CT molecular complexity index is 647. The van der Waals surface area contributed by atoms with Gasteiger partial charge in [-0.1, -0.05) is 26.0 Å². The fourth-order valence-corrected chi connectivity index (χ4v) is 3.02. The molecule has 0 spiro atoms. The Morgan fingerprint density at radius 3 is 2.38 bits per heavy atom. The van der Waals surface area contributed by atoms with Crippen LogP contribution in [0.4, 0.5) is 5.69 Å². The molecule has 1 atom stereocenters. The summed E-state index contributed by atoms with van der Waals surface area (Å²) in [6.07, 6.45) is 3.90. The van der Waals surface area contributed by atoms with Crippen molar-refractivity contribution in [2.24, 2.45) is 5.92 Å². The topological polar surface area (TPSA) is 81.7 Å². The highest BCUT2D eigenvalue weighted by atomic mass is 16.3. The molecule has 1 saturated carbocycles. The van der Waals surface area contributed by atoms with Gasteiger partial charge < -0.3 is 20.6 Å². The lowest BCUT2D eigenvalue weighted by molar-refractivity contribution is -0.117. The Hall–Kier alpha value is -2.34. The van der Waals surface area contributed by atoms with Gasteiger partial charge in [0.25, 0.3) is 0 Å². The van der Waals surface area contributed by atoms with Gasteiger partial charge >= 0.3 is 0 Å². The zero-order valence-electron chi connectivity index (χ0n) is 15.8. The molecule has 142 valence electrons. The Labute approximate surface area is 155 Å². The predicted octanol–water partition coefficient (Wildman–Crippen LogP) is 1.94. The molecule has 0 aliphatic heterocycles. The van der Waals surface area contributed by atoms with Crippen molar-refractivity contribution >= 4 is 18.0 Å². The Morgan fingerprint density at radius 1 is 1.27 bits per heavy atom. The molecular weight excluding hydrogens is 330 g/mol. The molecule has 3 N–H and O–H groups in total. The number of rotatable bonds is 9. The van der Waals surface area contributed by atoms with E-state index in [-0.39, 0.29) is 31.0 Å². The van der Waals surface area contributed by atoms with Crippen molar-refractivity contribution in [3.63, 3.8) is 0 Å². The second kappa shape index (κ2) is 9.38. The van der Waals surface area contributed by atoms with Crippen LogP contribution in [0.15, 0.2) is 35.5 Å². The van der Waals surface area contributed by atoms with Crippen LogP contribution in [0.2, 0.25) is 0 Å². The molecule has 1 aliphatic carbocycles. The van der Waals surface area contributed by atoms with Gasteiger partial charge in [0, 0.05) is 18.4 Å². The quantitative estimate of drug-likeness (QED) is 0.589. The number of likely N-dealkylation sites (N-methyl/N-ethyl adjacent to an activating group) is 1. The third-order valence-corrected chi connectivity index (χ3v) is 4.87. The maximum absolute atomic E-state index is 12.6. The average molecular weight is 359 g/mol. The Kier molecular flexibility index (Phi) is 7.21. The lowest BCUT2D eigenvalue weighted by Crippen LogP contribution is -2.44. The first-order chi connectivity index (χ1) is 12.5. The summed E-state index contributed by atoms with van der Waals surface area (Å²) in [7, 11) is 1.73. The largest absolute Gasteiger partial charge is 0.392 e. The van der Waals surface area contributed by atoms with Gasteiger partial charge in [0.15, 0.2) is 0 Å². The minimum atomic E-state index is -0.107. The molecule has 0 saturated heterocycles. The summed E-state index contributed by atoms with van der Waals surface area (Å²) >= 11 is 0. The van der Waals surface area contributed by atoms with Gasteiger partial charge in [-0.3, -0.25) is 9.59 Å². The van der Waals surface area contributed by atoms with Gasteiger partial charge in [0.1, 0.15) is 0 Å². The van der Waals surface area contributed by atoms with E-state index >= 15 is 0 Å². The molecule has 2 amide bonds. The third kappa shape index (κ3) is 4.85. The number of aliphatic hydroxyl groups is 1. The van der Waals surface area contributed by atoms with Crippen LogP contribution in [-0.4, -0.2) is 37.1 Å². The van der Waals surface area contributed by atoms with E-state index in [1.54, 1.807) is 24.1 Å². The highest BCUT2D eigenvalue weighted by molar-refractivity contribution is 5.94. The number of anilines is 1. The maximum Gasteiger partial charge on any atom is 0.246 e. The molecule has 1 aromatic carbocycles.